The summed E-state index contributed by atoms with van der Waals surface area (Å²) in [6, 6.07) is 11.8. The number of likely N-dealkylation sites (tertiary alicyclic amines) is 1. The standard InChI is InChI=1S/C27H30N4O4/c1-2-27(34)20-15-22-23-18(14-17-8-4-5-9-21(17)29-23)24(28-10-13-30-11-6-3-7-12-30)31(22)25(32)19(20)16-35-26(27)33/h4-5,8-9,14-15,24,28,34H,2-3,6-7,10-13,16H2,1H3/t24?,27-/m0/s1. The first-order valence-corrected chi connectivity index (χ1v) is 12.6. The summed E-state index contributed by atoms with van der Waals surface area (Å²) in [5.74, 6) is -0.710. The molecule has 0 aliphatic carbocycles. The Morgan fingerprint density at radius 1 is 1.17 bits per heavy atom. The Morgan fingerprint density at radius 2 is 1.97 bits per heavy atom. The van der Waals surface area contributed by atoms with Crippen LogP contribution in [0.25, 0.3) is 22.3 Å². The third-order valence-electron chi connectivity index (χ3n) is 7.75. The first-order valence-electron chi connectivity index (χ1n) is 12.6. The van der Waals surface area contributed by atoms with Crippen molar-refractivity contribution in [1.29, 1.82) is 0 Å². The number of benzene rings is 1. The van der Waals surface area contributed by atoms with Crippen LogP contribution in [0, 0.1) is 0 Å². The molecule has 5 heterocycles. The van der Waals surface area contributed by atoms with Gasteiger partial charge in [0.15, 0.2) is 5.60 Å². The molecule has 182 valence electrons. The van der Waals surface area contributed by atoms with Gasteiger partial charge in [0, 0.05) is 29.6 Å². The number of cyclic esters (lactones) is 1. The molecule has 35 heavy (non-hydrogen) atoms. The van der Waals surface area contributed by atoms with E-state index in [4.69, 9.17) is 9.72 Å². The van der Waals surface area contributed by atoms with Crippen molar-refractivity contribution in [2.24, 2.45) is 0 Å². The van der Waals surface area contributed by atoms with E-state index in [1.165, 1.54) is 19.3 Å². The van der Waals surface area contributed by atoms with Crippen molar-refractivity contribution >= 4 is 16.9 Å². The maximum atomic E-state index is 13.8. The summed E-state index contributed by atoms with van der Waals surface area (Å²) in [5.41, 5.74) is 1.66. The average molecular weight is 475 g/mol. The van der Waals surface area contributed by atoms with Crippen LogP contribution in [0.2, 0.25) is 0 Å². The Kier molecular flexibility index (Phi) is 5.47. The number of para-hydroxylation sites is 1. The van der Waals surface area contributed by atoms with Gasteiger partial charge >= 0.3 is 5.97 Å². The van der Waals surface area contributed by atoms with E-state index in [1.54, 1.807) is 17.6 Å². The summed E-state index contributed by atoms with van der Waals surface area (Å²) >= 11 is 0. The Morgan fingerprint density at radius 3 is 2.77 bits per heavy atom. The predicted molar refractivity (Wildman–Crippen MR) is 132 cm³/mol. The van der Waals surface area contributed by atoms with Crippen molar-refractivity contribution < 1.29 is 14.6 Å². The van der Waals surface area contributed by atoms with Crippen LogP contribution in [0.5, 0.6) is 0 Å². The van der Waals surface area contributed by atoms with E-state index in [9.17, 15) is 14.7 Å². The molecule has 2 N–H and O–H groups in total. The number of aromatic nitrogens is 2. The first kappa shape index (κ1) is 22.4. The van der Waals surface area contributed by atoms with Crippen molar-refractivity contribution in [1.82, 2.24) is 19.8 Å². The fraction of sp³-hybridized carbons (Fsp3) is 0.444. The van der Waals surface area contributed by atoms with Gasteiger partial charge in [0.1, 0.15) is 12.8 Å². The van der Waals surface area contributed by atoms with Gasteiger partial charge in [-0.3, -0.25) is 14.7 Å². The normalized spacial score (nSPS) is 23.6. The summed E-state index contributed by atoms with van der Waals surface area (Å²) in [6.07, 6.45) is 3.50. The molecule has 1 unspecified atom stereocenters. The van der Waals surface area contributed by atoms with Crippen LogP contribution >= 0.6 is 0 Å². The van der Waals surface area contributed by atoms with Crippen LogP contribution < -0.4 is 10.9 Å². The molecule has 8 heteroatoms. The largest absolute Gasteiger partial charge is 0.458 e. The van der Waals surface area contributed by atoms with Gasteiger partial charge < -0.3 is 14.7 Å². The van der Waals surface area contributed by atoms with E-state index < -0.39 is 11.6 Å². The van der Waals surface area contributed by atoms with Gasteiger partial charge in [0.2, 0.25) is 0 Å². The molecule has 0 radical (unpaired) electrons. The Balaban J connectivity index is 1.47. The van der Waals surface area contributed by atoms with E-state index in [2.05, 4.69) is 16.3 Å². The number of piperidine rings is 1. The third kappa shape index (κ3) is 3.51. The van der Waals surface area contributed by atoms with Gasteiger partial charge in [0.25, 0.3) is 5.56 Å². The monoisotopic (exact) mass is 474 g/mol. The second-order valence-electron chi connectivity index (χ2n) is 9.76. The number of carbonyl (C=O) groups excluding carboxylic acids is 1. The van der Waals surface area contributed by atoms with Crippen LogP contribution in [0.3, 0.4) is 0 Å². The molecule has 0 spiro atoms. The summed E-state index contributed by atoms with van der Waals surface area (Å²) in [4.78, 5) is 33.7. The quantitative estimate of drug-likeness (QED) is 0.549. The smallest absolute Gasteiger partial charge is 0.343 e. The van der Waals surface area contributed by atoms with E-state index in [0.29, 0.717) is 22.5 Å². The number of nitrogens with one attached hydrogen (secondary N) is 1. The van der Waals surface area contributed by atoms with Crippen molar-refractivity contribution in [2.75, 3.05) is 26.2 Å². The van der Waals surface area contributed by atoms with Gasteiger partial charge in [-0.2, -0.15) is 0 Å². The molecule has 2 atom stereocenters. The highest BCUT2D eigenvalue weighted by Crippen LogP contribution is 2.41. The summed E-state index contributed by atoms with van der Waals surface area (Å²) in [7, 11) is 0. The Bertz CT molecular complexity index is 1380. The van der Waals surface area contributed by atoms with Crippen molar-refractivity contribution in [3.05, 3.63) is 63.4 Å². The highest BCUT2D eigenvalue weighted by Gasteiger charge is 2.46. The first-order chi connectivity index (χ1) is 17.0. The van der Waals surface area contributed by atoms with Crippen molar-refractivity contribution in [3.8, 4) is 11.4 Å². The lowest BCUT2D eigenvalue weighted by molar-refractivity contribution is -0.172. The number of aliphatic hydroxyl groups is 1. The zero-order valence-corrected chi connectivity index (χ0v) is 19.9. The predicted octanol–water partition coefficient (Wildman–Crippen LogP) is 2.65. The molecule has 3 aromatic rings. The lowest BCUT2D eigenvalue weighted by Crippen LogP contribution is -2.46. The topological polar surface area (TPSA) is 96.7 Å². The Labute approximate surface area is 203 Å². The molecule has 1 saturated heterocycles. The van der Waals surface area contributed by atoms with Crippen LogP contribution in [-0.4, -0.2) is 51.7 Å². The molecule has 1 aromatic carbocycles. The number of carbonyl (C=O) groups is 1. The maximum absolute atomic E-state index is 13.8. The van der Waals surface area contributed by atoms with Crippen molar-refractivity contribution in [3.63, 3.8) is 0 Å². The molecule has 3 aliphatic rings. The zero-order valence-electron chi connectivity index (χ0n) is 19.9. The maximum Gasteiger partial charge on any atom is 0.343 e. The molecule has 2 aromatic heterocycles. The third-order valence-corrected chi connectivity index (χ3v) is 7.75. The molecular weight excluding hydrogens is 444 g/mol. The summed E-state index contributed by atoms with van der Waals surface area (Å²) in [5, 5.41) is 15.8. The fourth-order valence-electron chi connectivity index (χ4n) is 5.74. The molecule has 0 saturated carbocycles. The van der Waals surface area contributed by atoms with E-state index in [0.717, 1.165) is 42.6 Å². The second kappa shape index (κ2) is 8.55. The minimum Gasteiger partial charge on any atom is -0.458 e. The number of hydrogen-bond acceptors (Lipinski definition) is 7. The van der Waals surface area contributed by atoms with E-state index >= 15 is 0 Å². The second-order valence-corrected chi connectivity index (χ2v) is 9.76. The fourth-order valence-corrected chi connectivity index (χ4v) is 5.74. The molecule has 6 rings (SSSR count). The minimum absolute atomic E-state index is 0.122. The number of ether oxygens (including phenoxy) is 1. The van der Waals surface area contributed by atoms with Gasteiger partial charge in [-0.1, -0.05) is 31.5 Å². The van der Waals surface area contributed by atoms with Gasteiger partial charge in [-0.15, -0.1) is 0 Å². The number of rotatable bonds is 5. The summed E-state index contributed by atoms with van der Waals surface area (Å²) < 4.78 is 6.97. The van der Waals surface area contributed by atoms with Crippen LogP contribution in [-0.2, 0) is 21.7 Å². The lowest BCUT2D eigenvalue weighted by Gasteiger charge is -2.32. The van der Waals surface area contributed by atoms with E-state index in [1.807, 2.05) is 24.3 Å². The van der Waals surface area contributed by atoms with Crippen LogP contribution in [0.1, 0.15) is 55.5 Å². The molecule has 0 amide bonds. The SMILES string of the molecule is CC[C@@]1(O)C(=O)OCc2c1cc1n(c2=O)C(NCCN2CCCCC2)c2cc3ccccc3nc2-1. The number of fused-ring (bicyclic) bond motifs is 5. The Hall–Kier alpha value is -3.07. The van der Waals surface area contributed by atoms with Crippen molar-refractivity contribution in [2.45, 2.75) is 51.0 Å². The highest BCUT2D eigenvalue weighted by atomic mass is 16.6. The van der Waals surface area contributed by atoms with Gasteiger partial charge in [-0.25, -0.2) is 9.78 Å². The number of nitrogens with zero attached hydrogens (tertiary/aromatic N) is 3. The van der Waals surface area contributed by atoms with E-state index in [-0.39, 0.29) is 24.8 Å². The molecule has 8 nitrogen and oxygen atoms in total. The van der Waals surface area contributed by atoms with Crippen LogP contribution in [0.15, 0.2) is 41.2 Å². The average Bonchev–Trinajstić information content (AvgIpc) is 3.18. The number of esters is 1. The zero-order chi connectivity index (χ0) is 24.2. The molecule has 1 fully saturated rings. The molecule has 3 aliphatic heterocycles. The minimum atomic E-state index is -1.83. The number of pyridine rings is 2. The molecular formula is C27H30N4O4. The lowest BCUT2D eigenvalue weighted by atomic mass is 9.86. The summed E-state index contributed by atoms with van der Waals surface area (Å²) in [6.45, 7) is 5.44. The van der Waals surface area contributed by atoms with Gasteiger partial charge in [-0.05, 0) is 50.6 Å². The number of hydrogen-bond donors (Lipinski definition) is 2. The van der Waals surface area contributed by atoms with Gasteiger partial charge in [0.05, 0.1) is 22.5 Å². The van der Waals surface area contributed by atoms with Crippen LogP contribution in [0.4, 0.5) is 0 Å². The molecule has 0 bridgehead atoms. The highest BCUT2D eigenvalue weighted by molar-refractivity contribution is 5.86.